The van der Waals surface area contributed by atoms with Crippen molar-refractivity contribution in [3.8, 4) is 0 Å². The highest BCUT2D eigenvalue weighted by Crippen LogP contribution is 2.37. The lowest BCUT2D eigenvalue weighted by Crippen LogP contribution is -2.34. The lowest BCUT2D eigenvalue weighted by atomic mass is 9.82. The molecule has 116 valence electrons. The zero-order chi connectivity index (χ0) is 15.2. The largest absolute Gasteiger partial charge is 0.371 e. The number of unbranched alkanes of at least 4 members (excludes halogenated alkanes) is 2. The number of allylic oxidation sites excluding steroid dienone is 4. The first-order valence-corrected chi connectivity index (χ1v) is 8.77. The summed E-state index contributed by atoms with van der Waals surface area (Å²) in [6.07, 6.45) is 15.7. The van der Waals surface area contributed by atoms with Gasteiger partial charge in [0.15, 0.2) is 0 Å². The lowest BCUT2D eigenvalue weighted by Gasteiger charge is -2.39. The van der Waals surface area contributed by atoms with Gasteiger partial charge in [0, 0.05) is 18.8 Å². The number of piperidine rings is 1. The second-order valence-electron chi connectivity index (χ2n) is 6.41. The summed E-state index contributed by atoms with van der Waals surface area (Å²) >= 11 is 0. The van der Waals surface area contributed by atoms with Crippen molar-refractivity contribution in [1.82, 2.24) is 4.90 Å². The first kappa shape index (κ1) is 15.1. The lowest BCUT2D eigenvalue weighted by molar-refractivity contribution is 0.281. The van der Waals surface area contributed by atoms with Gasteiger partial charge in [0.2, 0.25) is 0 Å². The number of fused-ring (bicyclic) bond motifs is 1. The van der Waals surface area contributed by atoms with Gasteiger partial charge in [-0.15, -0.1) is 0 Å². The molecule has 0 radical (unpaired) electrons. The van der Waals surface area contributed by atoms with E-state index in [0.717, 1.165) is 5.92 Å². The highest BCUT2D eigenvalue weighted by molar-refractivity contribution is 5.59. The molecule has 1 aromatic rings. The number of hydrogen-bond donors (Lipinski definition) is 0. The molecule has 1 heteroatoms. The molecule has 1 nitrogen and oxygen atoms in total. The van der Waals surface area contributed by atoms with E-state index >= 15 is 0 Å². The van der Waals surface area contributed by atoms with Crippen molar-refractivity contribution in [2.45, 2.75) is 39.0 Å². The summed E-state index contributed by atoms with van der Waals surface area (Å²) in [5.41, 5.74) is 4.33. The fraction of sp³-hybridized carbons (Fsp3) is 0.429. The Morgan fingerprint density at radius 3 is 2.86 bits per heavy atom. The van der Waals surface area contributed by atoms with Gasteiger partial charge >= 0.3 is 0 Å². The molecule has 0 saturated carbocycles. The molecule has 3 rings (SSSR count). The van der Waals surface area contributed by atoms with E-state index in [1.54, 1.807) is 5.57 Å². The molecule has 1 aromatic carbocycles. The van der Waals surface area contributed by atoms with Gasteiger partial charge in [-0.05, 0) is 42.4 Å². The normalized spacial score (nSPS) is 22.6. The average Bonchev–Trinajstić information content (AvgIpc) is 2.58. The van der Waals surface area contributed by atoms with Crippen LogP contribution in [0.1, 0.15) is 44.6 Å². The van der Waals surface area contributed by atoms with E-state index in [2.05, 4.69) is 66.5 Å². The van der Waals surface area contributed by atoms with Crippen molar-refractivity contribution in [1.29, 1.82) is 0 Å². The van der Waals surface area contributed by atoms with Gasteiger partial charge in [0.05, 0.1) is 0 Å². The molecule has 1 aliphatic heterocycles. The van der Waals surface area contributed by atoms with Crippen molar-refractivity contribution in [2.75, 3.05) is 13.1 Å². The molecule has 1 unspecified atom stereocenters. The summed E-state index contributed by atoms with van der Waals surface area (Å²) in [6, 6.07) is 10.8. The van der Waals surface area contributed by atoms with E-state index in [1.165, 1.54) is 56.5 Å². The van der Waals surface area contributed by atoms with Crippen LogP contribution in [-0.2, 0) is 0 Å². The van der Waals surface area contributed by atoms with Gasteiger partial charge in [0.25, 0.3) is 0 Å². The standard InChI is InChI=1S/C21H27N/c1-2-3-9-15-22-16-14-19-12-7-8-13-20(19)21(22)17-18-10-5-4-6-11-18/h4-8,10-11,13,17,19H,2-3,9,12,14-16H2,1H3. The van der Waals surface area contributed by atoms with Gasteiger partial charge < -0.3 is 4.90 Å². The Bertz CT molecular complexity index is 565. The van der Waals surface area contributed by atoms with Crippen LogP contribution >= 0.6 is 0 Å². The van der Waals surface area contributed by atoms with E-state index in [0.29, 0.717) is 0 Å². The Balaban J connectivity index is 1.87. The topological polar surface area (TPSA) is 3.24 Å². The Morgan fingerprint density at radius 1 is 1.18 bits per heavy atom. The average molecular weight is 293 g/mol. The minimum atomic E-state index is 0.724. The third kappa shape index (κ3) is 3.52. The van der Waals surface area contributed by atoms with Crippen LogP contribution < -0.4 is 0 Å². The van der Waals surface area contributed by atoms with E-state index in [4.69, 9.17) is 0 Å². The molecule has 1 fully saturated rings. The molecule has 1 heterocycles. The van der Waals surface area contributed by atoms with E-state index in [1.807, 2.05) is 0 Å². The van der Waals surface area contributed by atoms with Crippen molar-refractivity contribution < 1.29 is 0 Å². The summed E-state index contributed by atoms with van der Waals surface area (Å²) in [6.45, 7) is 4.68. The monoisotopic (exact) mass is 293 g/mol. The molecule has 1 saturated heterocycles. The zero-order valence-corrected chi connectivity index (χ0v) is 13.7. The first-order chi connectivity index (χ1) is 10.9. The highest BCUT2D eigenvalue weighted by Gasteiger charge is 2.27. The van der Waals surface area contributed by atoms with Crippen LogP contribution in [0.4, 0.5) is 0 Å². The van der Waals surface area contributed by atoms with Crippen LogP contribution in [0.3, 0.4) is 0 Å². The van der Waals surface area contributed by atoms with Gasteiger partial charge in [-0.3, -0.25) is 0 Å². The highest BCUT2D eigenvalue weighted by atomic mass is 15.1. The van der Waals surface area contributed by atoms with Crippen LogP contribution in [0.15, 0.2) is 59.8 Å². The zero-order valence-electron chi connectivity index (χ0n) is 13.7. The van der Waals surface area contributed by atoms with Crippen LogP contribution in [0.25, 0.3) is 6.08 Å². The summed E-state index contributed by atoms with van der Waals surface area (Å²) < 4.78 is 0. The number of hydrogen-bond acceptors (Lipinski definition) is 1. The van der Waals surface area contributed by atoms with E-state index in [-0.39, 0.29) is 0 Å². The van der Waals surface area contributed by atoms with Gasteiger partial charge in [0.1, 0.15) is 0 Å². The third-order valence-corrected chi connectivity index (χ3v) is 4.79. The molecule has 22 heavy (non-hydrogen) atoms. The van der Waals surface area contributed by atoms with E-state index < -0.39 is 0 Å². The molecule has 0 N–H and O–H groups in total. The number of likely N-dealkylation sites (tertiary alicyclic amines) is 1. The molecular formula is C21H27N. The predicted octanol–water partition coefficient (Wildman–Crippen LogP) is 5.43. The Labute approximate surface area is 135 Å². The molecule has 0 bridgehead atoms. The minimum Gasteiger partial charge on any atom is -0.371 e. The SMILES string of the molecule is CCCCCN1CCC2CC=CC=C2C1=Cc1ccccc1. The Morgan fingerprint density at radius 2 is 2.05 bits per heavy atom. The van der Waals surface area contributed by atoms with Gasteiger partial charge in [-0.2, -0.15) is 0 Å². The van der Waals surface area contributed by atoms with Gasteiger partial charge in [-0.1, -0.05) is 68.3 Å². The van der Waals surface area contributed by atoms with E-state index in [9.17, 15) is 0 Å². The molecule has 2 aliphatic rings. The van der Waals surface area contributed by atoms with Crippen LogP contribution in [0.5, 0.6) is 0 Å². The Kier molecular flexibility index (Phi) is 5.15. The van der Waals surface area contributed by atoms with Crippen LogP contribution in [0.2, 0.25) is 0 Å². The fourth-order valence-corrected chi connectivity index (χ4v) is 3.53. The van der Waals surface area contributed by atoms with Crippen LogP contribution in [-0.4, -0.2) is 18.0 Å². The fourth-order valence-electron chi connectivity index (χ4n) is 3.53. The number of rotatable bonds is 5. The smallest absolute Gasteiger partial charge is 0.0407 e. The molecule has 0 spiro atoms. The number of nitrogens with zero attached hydrogens (tertiary/aromatic N) is 1. The first-order valence-electron chi connectivity index (χ1n) is 8.77. The second-order valence-corrected chi connectivity index (χ2v) is 6.41. The summed E-state index contributed by atoms with van der Waals surface area (Å²) in [5.74, 6) is 0.724. The molecule has 1 atom stereocenters. The third-order valence-electron chi connectivity index (χ3n) is 4.79. The maximum absolute atomic E-state index is 2.62. The Hall–Kier alpha value is -1.76. The molecule has 0 amide bonds. The maximum Gasteiger partial charge on any atom is 0.0407 e. The van der Waals surface area contributed by atoms with Gasteiger partial charge in [-0.25, -0.2) is 0 Å². The minimum absolute atomic E-state index is 0.724. The maximum atomic E-state index is 2.62. The second kappa shape index (κ2) is 7.49. The number of benzene rings is 1. The van der Waals surface area contributed by atoms with Crippen molar-refractivity contribution >= 4 is 6.08 Å². The quantitative estimate of drug-likeness (QED) is 0.655. The van der Waals surface area contributed by atoms with Crippen molar-refractivity contribution in [3.05, 3.63) is 65.4 Å². The van der Waals surface area contributed by atoms with Crippen molar-refractivity contribution in [2.24, 2.45) is 5.92 Å². The van der Waals surface area contributed by atoms with Crippen molar-refractivity contribution in [3.63, 3.8) is 0 Å². The molecule has 1 aliphatic carbocycles. The summed E-state index contributed by atoms with van der Waals surface area (Å²) in [5, 5.41) is 0. The summed E-state index contributed by atoms with van der Waals surface area (Å²) in [7, 11) is 0. The van der Waals surface area contributed by atoms with Crippen LogP contribution in [0, 0.1) is 5.92 Å². The summed E-state index contributed by atoms with van der Waals surface area (Å²) in [4.78, 5) is 2.62. The molecule has 0 aromatic heterocycles. The predicted molar refractivity (Wildman–Crippen MR) is 95.5 cm³/mol. The molecular weight excluding hydrogens is 266 g/mol.